The standard InChI is InChI=1S/C30H38ClN5O3/c1-3-20-9-8-14-35(18-20)30-32-17-25(31)28(34-30)33-22-12-13-26-21(15-22)16-27(39-19-24(37)4-2)29(38)36(26)23-10-6-5-7-11-23/h12-13,15-17,20,23H,3-11,14,18-19H2,1-2H3,(H,32,33,34)/t20-/m0/s1. The summed E-state index contributed by atoms with van der Waals surface area (Å²) >= 11 is 6.51. The highest BCUT2D eigenvalue weighted by atomic mass is 35.5. The number of fused-ring (bicyclic) bond motifs is 1. The van der Waals surface area contributed by atoms with Gasteiger partial charge in [0.2, 0.25) is 5.95 Å². The van der Waals surface area contributed by atoms with Gasteiger partial charge in [0.05, 0.1) is 11.7 Å². The molecule has 2 aromatic heterocycles. The van der Waals surface area contributed by atoms with Crippen LogP contribution in [0, 0.1) is 5.92 Å². The Labute approximate surface area is 234 Å². The fourth-order valence-corrected chi connectivity index (χ4v) is 5.92. The molecule has 1 atom stereocenters. The molecule has 0 amide bonds. The molecule has 1 aliphatic heterocycles. The van der Waals surface area contributed by atoms with Gasteiger partial charge in [-0.2, -0.15) is 4.98 Å². The zero-order chi connectivity index (χ0) is 27.4. The molecule has 1 aliphatic carbocycles. The molecule has 0 radical (unpaired) electrons. The number of carbonyl (C=O) groups is 1. The zero-order valence-corrected chi connectivity index (χ0v) is 23.7. The van der Waals surface area contributed by atoms with Crippen molar-refractivity contribution in [3.63, 3.8) is 0 Å². The number of piperidine rings is 1. The highest BCUT2D eigenvalue weighted by Gasteiger charge is 2.23. The normalized spacial score (nSPS) is 18.3. The minimum Gasteiger partial charge on any atom is -0.480 e. The lowest BCUT2D eigenvalue weighted by Crippen LogP contribution is -2.36. The number of ether oxygens (including phenoxy) is 1. The minimum atomic E-state index is -0.172. The number of halogens is 1. The summed E-state index contributed by atoms with van der Waals surface area (Å²) < 4.78 is 7.63. The highest BCUT2D eigenvalue weighted by molar-refractivity contribution is 6.32. The first kappa shape index (κ1) is 27.4. The molecular weight excluding hydrogens is 514 g/mol. The number of aromatic nitrogens is 3. The molecule has 0 unspecified atom stereocenters. The van der Waals surface area contributed by atoms with Gasteiger partial charge in [0.25, 0.3) is 5.56 Å². The Bertz CT molecular complexity index is 1390. The van der Waals surface area contributed by atoms with Gasteiger partial charge in [-0.1, -0.05) is 51.1 Å². The average molecular weight is 552 g/mol. The first-order chi connectivity index (χ1) is 19.0. The van der Waals surface area contributed by atoms with Crippen LogP contribution in [0.4, 0.5) is 17.5 Å². The Morgan fingerprint density at radius 3 is 2.72 bits per heavy atom. The van der Waals surface area contributed by atoms with E-state index in [0.717, 1.165) is 68.2 Å². The fraction of sp³-hybridized carbons (Fsp3) is 0.533. The van der Waals surface area contributed by atoms with Gasteiger partial charge in [0, 0.05) is 36.6 Å². The number of nitrogens with zero attached hydrogens (tertiary/aromatic N) is 4. The monoisotopic (exact) mass is 551 g/mol. The molecule has 2 fully saturated rings. The summed E-state index contributed by atoms with van der Waals surface area (Å²) in [7, 11) is 0. The number of nitrogens with one attached hydrogen (secondary N) is 1. The average Bonchev–Trinajstić information content (AvgIpc) is 2.97. The van der Waals surface area contributed by atoms with Crippen LogP contribution < -0.4 is 20.5 Å². The molecule has 0 spiro atoms. The van der Waals surface area contributed by atoms with Crippen LogP contribution >= 0.6 is 11.6 Å². The predicted molar refractivity (Wildman–Crippen MR) is 157 cm³/mol. The van der Waals surface area contributed by atoms with Crippen molar-refractivity contribution in [3.8, 4) is 5.75 Å². The van der Waals surface area contributed by atoms with Crippen molar-refractivity contribution in [2.75, 3.05) is 29.9 Å². The molecule has 9 heteroatoms. The van der Waals surface area contributed by atoms with Gasteiger partial charge in [-0.3, -0.25) is 9.59 Å². The van der Waals surface area contributed by atoms with Crippen molar-refractivity contribution in [2.24, 2.45) is 5.92 Å². The second-order valence-corrected chi connectivity index (χ2v) is 11.2. The summed E-state index contributed by atoms with van der Waals surface area (Å²) in [5, 5.41) is 4.67. The molecule has 8 nitrogen and oxygen atoms in total. The van der Waals surface area contributed by atoms with E-state index >= 15 is 0 Å². The van der Waals surface area contributed by atoms with Gasteiger partial charge in [0.1, 0.15) is 11.6 Å². The molecule has 1 saturated carbocycles. The van der Waals surface area contributed by atoms with Crippen LogP contribution in [0.5, 0.6) is 5.75 Å². The lowest BCUT2D eigenvalue weighted by Gasteiger charge is -2.32. The maximum Gasteiger partial charge on any atom is 0.293 e. The number of benzene rings is 1. The minimum absolute atomic E-state index is 0.0395. The van der Waals surface area contributed by atoms with Crippen LogP contribution in [0.25, 0.3) is 10.9 Å². The number of rotatable bonds is 9. The highest BCUT2D eigenvalue weighted by Crippen LogP contribution is 2.33. The number of pyridine rings is 1. The maximum absolute atomic E-state index is 13.5. The van der Waals surface area contributed by atoms with Gasteiger partial charge in [-0.25, -0.2) is 4.98 Å². The second kappa shape index (κ2) is 12.4. The second-order valence-electron chi connectivity index (χ2n) is 10.8. The van der Waals surface area contributed by atoms with Crippen LogP contribution in [0.15, 0.2) is 35.3 Å². The third-order valence-electron chi connectivity index (χ3n) is 8.10. The third-order valence-corrected chi connectivity index (χ3v) is 8.38. The molecule has 39 heavy (non-hydrogen) atoms. The molecule has 2 aliphatic rings. The molecule has 1 saturated heterocycles. The van der Waals surface area contributed by atoms with Crippen molar-refractivity contribution >= 4 is 45.7 Å². The SMILES string of the molecule is CCC(=O)COc1cc2cc(Nc3nc(N4CCC[C@H](CC)C4)ncc3Cl)ccc2n(C2CCCCC2)c1=O. The van der Waals surface area contributed by atoms with E-state index in [1.807, 2.05) is 22.8 Å². The Kier molecular flexibility index (Phi) is 8.70. The van der Waals surface area contributed by atoms with Crippen molar-refractivity contribution in [2.45, 2.75) is 77.7 Å². The van der Waals surface area contributed by atoms with Gasteiger partial charge in [-0.15, -0.1) is 0 Å². The number of hydrogen-bond acceptors (Lipinski definition) is 7. The zero-order valence-electron chi connectivity index (χ0n) is 22.9. The summed E-state index contributed by atoms with van der Waals surface area (Å²) in [6, 6.07) is 7.77. The van der Waals surface area contributed by atoms with Crippen LogP contribution in [-0.2, 0) is 4.79 Å². The van der Waals surface area contributed by atoms with Crippen molar-refractivity contribution in [3.05, 3.63) is 45.8 Å². The summed E-state index contributed by atoms with van der Waals surface area (Å²) in [6.07, 6.45) is 10.9. The summed E-state index contributed by atoms with van der Waals surface area (Å²) in [5.41, 5.74) is 1.48. The van der Waals surface area contributed by atoms with Crippen molar-refractivity contribution in [1.82, 2.24) is 14.5 Å². The molecule has 208 valence electrons. The lowest BCUT2D eigenvalue weighted by molar-refractivity contribution is -0.120. The maximum atomic E-state index is 13.5. The number of ketones is 1. The van der Waals surface area contributed by atoms with Gasteiger partial charge in [-0.05, 0) is 55.9 Å². The van der Waals surface area contributed by atoms with E-state index in [-0.39, 0.29) is 29.7 Å². The van der Waals surface area contributed by atoms with E-state index in [4.69, 9.17) is 21.3 Å². The topological polar surface area (TPSA) is 89.3 Å². The number of anilines is 3. The summed E-state index contributed by atoms with van der Waals surface area (Å²) in [6.45, 7) is 5.82. The Hall–Kier alpha value is -3.13. The van der Waals surface area contributed by atoms with Crippen LogP contribution in [-0.4, -0.2) is 40.0 Å². The van der Waals surface area contributed by atoms with E-state index in [2.05, 4.69) is 22.1 Å². The van der Waals surface area contributed by atoms with Gasteiger partial charge >= 0.3 is 0 Å². The van der Waals surface area contributed by atoms with Crippen LogP contribution in [0.3, 0.4) is 0 Å². The van der Waals surface area contributed by atoms with E-state index in [1.165, 1.54) is 12.8 Å². The molecule has 1 N–H and O–H groups in total. The number of Topliss-reactive ketones (excluding diaryl/α,β-unsaturated/α-hetero) is 1. The Morgan fingerprint density at radius 2 is 1.95 bits per heavy atom. The van der Waals surface area contributed by atoms with E-state index < -0.39 is 0 Å². The Morgan fingerprint density at radius 1 is 1.13 bits per heavy atom. The number of hydrogen-bond donors (Lipinski definition) is 1. The van der Waals surface area contributed by atoms with Gasteiger partial charge in [0.15, 0.2) is 17.4 Å². The van der Waals surface area contributed by atoms with Gasteiger partial charge < -0.3 is 19.5 Å². The van der Waals surface area contributed by atoms with E-state index in [1.54, 1.807) is 19.2 Å². The summed E-state index contributed by atoms with van der Waals surface area (Å²) in [4.78, 5) is 37.0. The first-order valence-electron chi connectivity index (χ1n) is 14.3. The van der Waals surface area contributed by atoms with Crippen LogP contribution in [0.1, 0.15) is 77.7 Å². The first-order valence-corrected chi connectivity index (χ1v) is 14.7. The van der Waals surface area contributed by atoms with Crippen molar-refractivity contribution in [1.29, 1.82) is 0 Å². The predicted octanol–water partition coefficient (Wildman–Crippen LogP) is 6.68. The molecule has 3 aromatic rings. The van der Waals surface area contributed by atoms with E-state index in [9.17, 15) is 9.59 Å². The fourth-order valence-electron chi connectivity index (χ4n) is 5.78. The summed E-state index contributed by atoms with van der Waals surface area (Å²) in [5.74, 6) is 2.06. The molecule has 0 bridgehead atoms. The molecule has 1 aromatic carbocycles. The molecular formula is C30H38ClN5O3. The quantitative estimate of drug-likeness (QED) is 0.317. The van der Waals surface area contributed by atoms with Crippen LogP contribution in [0.2, 0.25) is 5.02 Å². The van der Waals surface area contributed by atoms with Crippen molar-refractivity contribution < 1.29 is 9.53 Å². The number of carbonyl (C=O) groups excluding carboxylic acids is 1. The smallest absolute Gasteiger partial charge is 0.293 e. The lowest BCUT2D eigenvalue weighted by atomic mass is 9.94. The molecule has 5 rings (SSSR count). The Balaban J connectivity index is 1.48. The van der Waals surface area contributed by atoms with E-state index in [0.29, 0.717) is 29.1 Å². The largest absolute Gasteiger partial charge is 0.480 e. The molecule has 3 heterocycles. The third kappa shape index (κ3) is 6.21.